The van der Waals surface area contributed by atoms with E-state index in [0.717, 1.165) is 11.8 Å². The maximum absolute atomic E-state index is 13.1. The summed E-state index contributed by atoms with van der Waals surface area (Å²) < 4.78 is 44.4. The fourth-order valence-corrected chi connectivity index (χ4v) is 2.51. The number of hydrogen-bond acceptors (Lipinski definition) is 5. The molecule has 0 fully saturated rings. The van der Waals surface area contributed by atoms with E-state index in [-0.39, 0.29) is 18.8 Å². The first-order valence-corrected chi connectivity index (χ1v) is 6.39. The predicted molar refractivity (Wildman–Crippen MR) is 67.5 cm³/mol. The third-order valence-electron chi connectivity index (χ3n) is 3.54. The number of pyridine rings is 1. The first-order valence-electron chi connectivity index (χ1n) is 6.39. The number of rotatable bonds is 2. The summed E-state index contributed by atoms with van der Waals surface area (Å²) in [5.74, 6) is -3.19. The zero-order valence-corrected chi connectivity index (χ0v) is 11.5. The molecular weight excluding hydrogens is 301 g/mol. The number of carbonyl (C=O) groups is 1. The molecule has 116 valence electrons. The van der Waals surface area contributed by atoms with Gasteiger partial charge in [0.25, 0.3) is 5.91 Å². The molecule has 0 bridgehead atoms. The number of azo groups is 1. The summed E-state index contributed by atoms with van der Waals surface area (Å²) >= 11 is 0. The van der Waals surface area contributed by atoms with Gasteiger partial charge in [-0.25, -0.2) is 4.98 Å². The highest BCUT2D eigenvalue weighted by molar-refractivity contribution is 5.83. The lowest BCUT2D eigenvalue weighted by molar-refractivity contribution is -0.177. The van der Waals surface area contributed by atoms with Crippen LogP contribution in [0.3, 0.4) is 0 Å². The summed E-state index contributed by atoms with van der Waals surface area (Å²) in [6, 6.07) is 3.39. The van der Waals surface area contributed by atoms with Gasteiger partial charge in [0, 0.05) is 12.6 Å². The number of hydrogen-bond donors (Lipinski definition) is 0. The maximum atomic E-state index is 13.1. The van der Waals surface area contributed by atoms with Crippen molar-refractivity contribution in [3.63, 3.8) is 0 Å². The lowest BCUT2D eigenvalue weighted by Crippen LogP contribution is -2.38. The summed E-state index contributed by atoms with van der Waals surface area (Å²) in [6.07, 6.45) is -3.72. The molecule has 0 N–H and O–H groups in total. The Balaban J connectivity index is 1.90. The Hall–Kier alpha value is -2.45. The van der Waals surface area contributed by atoms with Crippen LogP contribution in [0, 0.1) is 5.92 Å². The minimum absolute atomic E-state index is 0.160. The van der Waals surface area contributed by atoms with Gasteiger partial charge >= 0.3 is 6.18 Å². The molecule has 22 heavy (non-hydrogen) atoms. The van der Waals surface area contributed by atoms with Gasteiger partial charge in [0.1, 0.15) is 0 Å². The molecule has 1 aromatic rings. The fourth-order valence-electron chi connectivity index (χ4n) is 2.51. The largest absolute Gasteiger partial charge is 0.481 e. The summed E-state index contributed by atoms with van der Waals surface area (Å²) in [5.41, 5.74) is 1.21. The highest BCUT2D eigenvalue weighted by Gasteiger charge is 2.50. The third kappa shape index (κ3) is 2.42. The van der Waals surface area contributed by atoms with Crippen LogP contribution in [0.5, 0.6) is 5.88 Å². The van der Waals surface area contributed by atoms with Gasteiger partial charge in [0.15, 0.2) is 5.92 Å². The van der Waals surface area contributed by atoms with Crippen LogP contribution in [0.1, 0.15) is 11.3 Å². The van der Waals surface area contributed by atoms with Crippen molar-refractivity contribution in [2.24, 2.45) is 16.1 Å². The van der Waals surface area contributed by atoms with Crippen molar-refractivity contribution in [1.82, 2.24) is 9.88 Å². The van der Waals surface area contributed by atoms with Crippen LogP contribution in [0.15, 0.2) is 34.3 Å². The van der Waals surface area contributed by atoms with Crippen LogP contribution in [0.4, 0.5) is 13.2 Å². The van der Waals surface area contributed by atoms with Crippen LogP contribution in [0.25, 0.3) is 0 Å². The molecule has 0 saturated heterocycles. The number of ether oxygens (including phenoxy) is 1. The Morgan fingerprint density at radius 3 is 2.77 bits per heavy atom. The summed E-state index contributed by atoms with van der Waals surface area (Å²) in [4.78, 5) is 17.1. The van der Waals surface area contributed by atoms with Crippen molar-refractivity contribution in [3.8, 4) is 5.88 Å². The van der Waals surface area contributed by atoms with E-state index in [0.29, 0.717) is 11.6 Å². The molecule has 1 unspecified atom stereocenters. The summed E-state index contributed by atoms with van der Waals surface area (Å²) in [7, 11) is 1.46. The molecule has 1 aromatic heterocycles. The molecule has 0 radical (unpaired) electrons. The first-order chi connectivity index (χ1) is 10.4. The van der Waals surface area contributed by atoms with Gasteiger partial charge in [-0.3, -0.25) is 4.79 Å². The third-order valence-corrected chi connectivity index (χ3v) is 3.54. The van der Waals surface area contributed by atoms with E-state index in [1.54, 1.807) is 12.1 Å². The standard InChI is InChI=1S/C13H11F3N4O2/c1-22-10-3-2-7-5-20(6-8(7)18-10)9-4-17-19-12(21)11(9)13(14,15)16/h2-4,11H,5-6H2,1H3. The highest BCUT2D eigenvalue weighted by Crippen LogP contribution is 2.39. The minimum atomic E-state index is -4.71. The molecule has 0 aliphatic carbocycles. The van der Waals surface area contributed by atoms with E-state index >= 15 is 0 Å². The molecule has 0 aromatic carbocycles. The van der Waals surface area contributed by atoms with Gasteiger partial charge < -0.3 is 9.64 Å². The van der Waals surface area contributed by atoms with Gasteiger partial charge in [0.2, 0.25) is 5.88 Å². The van der Waals surface area contributed by atoms with Crippen molar-refractivity contribution >= 4 is 5.91 Å². The number of alkyl halides is 3. The normalized spacial score (nSPS) is 20.9. The molecule has 0 saturated carbocycles. The Labute approximate surface area is 123 Å². The van der Waals surface area contributed by atoms with Crippen LogP contribution in [0.2, 0.25) is 0 Å². The zero-order chi connectivity index (χ0) is 15.9. The molecular formula is C13H11F3N4O2. The molecule has 1 amide bonds. The van der Waals surface area contributed by atoms with E-state index in [9.17, 15) is 18.0 Å². The fraction of sp³-hybridized carbons (Fsp3) is 0.385. The smallest absolute Gasteiger partial charge is 0.406 e. The van der Waals surface area contributed by atoms with Gasteiger partial charge in [-0.05, 0) is 11.6 Å². The Morgan fingerprint density at radius 1 is 1.32 bits per heavy atom. The number of carbonyl (C=O) groups excluding carboxylic acids is 1. The lowest BCUT2D eigenvalue weighted by atomic mass is 10.0. The molecule has 9 heteroatoms. The van der Waals surface area contributed by atoms with Crippen molar-refractivity contribution in [3.05, 3.63) is 35.3 Å². The van der Waals surface area contributed by atoms with E-state index in [1.807, 2.05) is 0 Å². The lowest BCUT2D eigenvalue weighted by Gasteiger charge is -2.28. The predicted octanol–water partition coefficient (Wildman–Crippen LogP) is 2.42. The number of nitrogens with zero attached hydrogens (tertiary/aromatic N) is 4. The molecule has 0 spiro atoms. The number of amides is 1. The minimum Gasteiger partial charge on any atom is -0.481 e. The molecule has 1 atom stereocenters. The summed E-state index contributed by atoms with van der Waals surface area (Å²) in [6.45, 7) is 0.390. The van der Waals surface area contributed by atoms with Crippen LogP contribution < -0.4 is 4.74 Å². The average Bonchev–Trinajstić information content (AvgIpc) is 2.88. The second-order valence-electron chi connectivity index (χ2n) is 4.90. The number of methoxy groups -OCH3 is 1. The molecule has 2 aliphatic rings. The van der Waals surface area contributed by atoms with Crippen molar-refractivity contribution < 1.29 is 22.7 Å². The number of fused-ring (bicyclic) bond motifs is 1. The number of halogens is 3. The Bertz CT molecular complexity index is 684. The van der Waals surface area contributed by atoms with Crippen molar-refractivity contribution in [2.45, 2.75) is 19.3 Å². The second kappa shape index (κ2) is 5.08. The zero-order valence-electron chi connectivity index (χ0n) is 11.5. The Kier molecular flexibility index (Phi) is 3.34. The van der Waals surface area contributed by atoms with E-state index in [2.05, 4.69) is 15.2 Å². The van der Waals surface area contributed by atoms with Crippen molar-refractivity contribution in [2.75, 3.05) is 7.11 Å². The molecule has 6 nitrogen and oxygen atoms in total. The van der Waals surface area contributed by atoms with Gasteiger partial charge in [-0.15, -0.1) is 5.11 Å². The highest BCUT2D eigenvalue weighted by atomic mass is 19.4. The molecule has 3 rings (SSSR count). The van der Waals surface area contributed by atoms with Crippen LogP contribution in [-0.4, -0.2) is 29.1 Å². The SMILES string of the molecule is COc1ccc2c(n1)CN(C1=CN=NC(=O)C1C(F)(F)F)C2. The average molecular weight is 312 g/mol. The summed E-state index contributed by atoms with van der Waals surface area (Å²) in [5, 5.41) is 6.37. The molecule has 2 aliphatic heterocycles. The molecule has 3 heterocycles. The van der Waals surface area contributed by atoms with Gasteiger partial charge in [0.05, 0.1) is 31.2 Å². The van der Waals surface area contributed by atoms with Crippen LogP contribution >= 0.6 is 0 Å². The van der Waals surface area contributed by atoms with E-state index < -0.39 is 18.0 Å². The van der Waals surface area contributed by atoms with Crippen molar-refractivity contribution in [1.29, 1.82) is 0 Å². The Morgan fingerprint density at radius 2 is 2.09 bits per heavy atom. The van der Waals surface area contributed by atoms with E-state index in [1.165, 1.54) is 12.0 Å². The van der Waals surface area contributed by atoms with Gasteiger partial charge in [-0.1, -0.05) is 0 Å². The number of aromatic nitrogens is 1. The maximum Gasteiger partial charge on any atom is 0.406 e. The first kappa shape index (κ1) is 14.5. The second-order valence-corrected chi connectivity index (χ2v) is 4.90. The quantitative estimate of drug-likeness (QED) is 0.841. The topological polar surface area (TPSA) is 67.2 Å². The van der Waals surface area contributed by atoms with E-state index in [4.69, 9.17) is 4.74 Å². The van der Waals surface area contributed by atoms with Gasteiger partial charge in [-0.2, -0.15) is 18.3 Å². The monoisotopic (exact) mass is 312 g/mol. The van der Waals surface area contributed by atoms with Crippen LogP contribution in [-0.2, 0) is 17.9 Å².